The van der Waals surface area contributed by atoms with Crippen LogP contribution in [0.3, 0.4) is 0 Å². The summed E-state index contributed by atoms with van der Waals surface area (Å²) in [5.74, 6) is -0.123. The number of morpholine rings is 1. The topological polar surface area (TPSA) is 96.7 Å². The van der Waals surface area contributed by atoms with Gasteiger partial charge in [0.2, 0.25) is 11.8 Å². The Morgan fingerprint density at radius 1 is 1.17 bits per heavy atom. The Labute approximate surface area is 184 Å². The maximum atomic E-state index is 12.1. The molecule has 2 saturated heterocycles. The van der Waals surface area contributed by atoms with E-state index in [1.165, 1.54) is 5.56 Å². The van der Waals surface area contributed by atoms with Gasteiger partial charge in [0.25, 0.3) is 0 Å². The first-order valence-electron chi connectivity index (χ1n) is 9.82. The number of likely N-dealkylation sites (tertiary alicyclic amines) is 1. The molecule has 2 fully saturated rings. The summed E-state index contributed by atoms with van der Waals surface area (Å²) in [4.78, 5) is 25.7. The molecule has 0 aromatic heterocycles. The van der Waals surface area contributed by atoms with E-state index in [0.717, 1.165) is 51.1 Å². The zero-order chi connectivity index (χ0) is 19.1. The molecule has 2 heterocycles. The molecule has 29 heavy (non-hydrogen) atoms. The lowest BCUT2D eigenvalue weighted by molar-refractivity contribution is -0.123. The van der Waals surface area contributed by atoms with Crippen LogP contribution in [0.5, 0.6) is 0 Å². The number of piperidine rings is 1. The van der Waals surface area contributed by atoms with E-state index >= 15 is 0 Å². The Morgan fingerprint density at radius 2 is 1.86 bits per heavy atom. The van der Waals surface area contributed by atoms with E-state index in [2.05, 4.69) is 27.7 Å². The highest BCUT2D eigenvalue weighted by molar-refractivity contribution is 5.91. The fourth-order valence-corrected chi connectivity index (χ4v) is 3.67. The molecule has 7 nitrogen and oxygen atoms in total. The molecule has 9 heteroatoms. The van der Waals surface area contributed by atoms with Crippen molar-refractivity contribution in [3.63, 3.8) is 0 Å². The molecule has 2 aliphatic heterocycles. The van der Waals surface area contributed by atoms with Gasteiger partial charge in [0.15, 0.2) is 0 Å². The molecular weight excluding hydrogens is 415 g/mol. The van der Waals surface area contributed by atoms with Crippen molar-refractivity contribution < 1.29 is 14.3 Å². The Kier molecular flexibility index (Phi) is 11.5. The van der Waals surface area contributed by atoms with Crippen molar-refractivity contribution in [2.45, 2.75) is 31.7 Å². The molecule has 164 valence electrons. The van der Waals surface area contributed by atoms with Crippen LogP contribution in [0.2, 0.25) is 0 Å². The van der Waals surface area contributed by atoms with E-state index in [9.17, 15) is 9.59 Å². The number of carbonyl (C=O) groups excluding carboxylic acids is 2. The summed E-state index contributed by atoms with van der Waals surface area (Å²) in [5, 5.41) is 6.23. The number of ether oxygens (including phenoxy) is 1. The highest BCUT2D eigenvalue weighted by atomic mass is 35.5. The van der Waals surface area contributed by atoms with Crippen molar-refractivity contribution in [3.8, 4) is 0 Å². The van der Waals surface area contributed by atoms with Crippen molar-refractivity contribution in [2.75, 3.05) is 44.7 Å². The number of nitrogens with two attached hydrogens (primary N) is 1. The second kappa shape index (κ2) is 13.0. The van der Waals surface area contributed by atoms with Crippen LogP contribution in [0.15, 0.2) is 24.3 Å². The van der Waals surface area contributed by atoms with Crippen LogP contribution in [0, 0.1) is 5.92 Å². The standard InChI is InChI=1S/C20H30N4O3.2ClH/c21-20(26)16-6-10-24(11-7-16)9-5-15-1-3-17(4-2-15)23-19(25)13-18-14-27-12-8-22-18;;/h1-4,16,18,22H,5-14H2,(H2,21,26)(H,23,25);2*1H. The maximum absolute atomic E-state index is 12.1. The number of halogens is 2. The smallest absolute Gasteiger partial charge is 0.226 e. The minimum Gasteiger partial charge on any atom is -0.378 e. The van der Waals surface area contributed by atoms with Crippen molar-refractivity contribution in [3.05, 3.63) is 29.8 Å². The van der Waals surface area contributed by atoms with Gasteiger partial charge in [-0.2, -0.15) is 0 Å². The molecular formula is C20H32Cl2N4O3. The van der Waals surface area contributed by atoms with Gasteiger partial charge in [0.05, 0.1) is 13.2 Å². The number of benzene rings is 1. The lowest BCUT2D eigenvalue weighted by atomic mass is 9.96. The summed E-state index contributed by atoms with van der Waals surface area (Å²) in [6.45, 7) is 4.94. The Bertz CT molecular complexity index is 631. The number of carbonyl (C=O) groups is 2. The van der Waals surface area contributed by atoms with E-state index in [1.54, 1.807) is 0 Å². The second-order valence-electron chi connectivity index (χ2n) is 7.44. The maximum Gasteiger partial charge on any atom is 0.226 e. The quantitative estimate of drug-likeness (QED) is 0.590. The van der Waals surface area contributed by atoms with Crippen LogP contribution >= 0.6 is 24.8 Å². The molecule has 0 bridgehead atoms. The molecule has 0 saturated carbocycles. The summed E-state index contributed by atoms with van der Waals surface area (Å²) in [6.07, 6.45) is 3.10. The number of hydrogen-bond donors (Lipinski definition) is 3. The van der Waals surface area contributed by atoms with Crippen LogP contribution in [-0.2, 0) is 20.7 Å². The van der Waals surface area contributed by atoms with Gasteiger partial charge in [-0.1, -0.05) is 12.1 Å². The number of hydrogen-bond acceptors (Lipinski definition) is 5. The van der Waals surface area contributed by atoms with Crippen molar-refractivity contribution in [1.82, 2.24) is 10.2 Å². The molecule has 0 spiro atoms. The van der Waals surface area contributed by atoms with Crippen molar-refractivity contribution in [1.29, 1.82) is 0 Å². The Morgan fingerprint density at radius 3 is 2.45 bits per heavy atom. The zero-order valence-electron chi connectivity index (χ0n) is 16.6. The number of primary amides is 1. The Hall–Kier alpha value is -1.38. The van der Waals surface area contributed by atoms with Crippen molar-refractivity contribution >= 4 is 42.3 Å². The number of anilines is 1. The van der Waals surface area contributed by atoms with E-state index in [-0.39, 0.29) is 48.6 Å². The van der Waals surface area contributed by atoms with Crippen LogP contribution in [0.4, 0.5) is 5.69 Å². The van der Waals surface area contributed by atoms with Crippen LogP contribution < -0.4 is 16.4 Å². The largest absolute Gasteiger partial charge is 0.378 e. The van der Waals surface area contributed by atoms with Crippen LogP contribution in [0.25, 0.3) is 0 Å². The predicted molar refractivity (Wildman–Crippen MR) is 119 cm³/mol. The van der Waals surface area contributed by atoms with Gasteiger partial charge in [-0.15, -0.1) is 24.8 Å². The summed E-state index contributed by atoms with van der Waals surface area (Å²) in [5.41, 5.74) is 7.45. The van der Waals surface area contributed by atoms with Gasteiger partial charge < -0.3 is 26.0 Å². The molecule has 4 N–H and O–H groups in total. The third-order valence-electron chi connectivity index (χ3n) is 5.37. The first-order chi connectivity index (χ1) is 13.1. The van der Waals surface area contributed by atoms with Gasteiger partial charge in [0, 0.05) is 37.2 Å². The fourth-order valence-electron chi connectivity index (χ4n) is 3.67. The van der Waals surface area contributed by atoms with Crippen LogP contribution in [0.1, 0.15) is 24.8 Å². The second-order valence-corrected chi connectivity index (χ2v) is 7.44. The van der Waals surface area contributed by atoms with Gasteiger partial charge in [-0.25, -0.2) is 0 Å². The first kappa shape index (κ1) is 25.7. The Balaban J connectivity index is 0.00000210. The highest BCUT2D eigenvalue weighted by Crippen LogP contribution is 2.17. The predicted octanol–water partition coefficient (Wildman–Crippen LogP) is 1.59. The third kappa shape index (κ3) is 8.48. The van der Waals surface area contributed by atoms with Gasteiger partial charge >= 0.3 is 0 Å². The summed E-state index contributed by atoms with van der Waals surface area (Å²) < 4.78 is 5.37. The monoisotopic (exact) mass is 446 g/mol. The number of rotatable bonds is 7. The third-order valence-corrected chi connectivity index (χ3v) is 5.37. The average Bonchev–Trinajstić information content (AvgIpc) is 2.68. The first-order valence-corrected chi connectivity index (χ1v) is 9.82. The molecule has 3 rings (SSSR count). The van der Waals surface area contributed by atoms with Crippen LogP contribution in [-0.4, -0.2) is 62.1 Å². The minimum atomic E-state index is -0.168. The normalized spacial score (nSPS) is 20.2. The molecule has 1 unspecified atom stereocenters. The molecule has 0 radical (unpaired) electrons. The lowest BCUT2D eigenvalue weighted by Gasteiger charge is -2.30. The van der Waals surface area contributed by atoms with E-state index in [1.807, 2.05) is 12.1 Å². The zero-order valence-corrected chi connectivity index (χ0v) is 18.2. The van der Waals surface area contributed by atoms with E-state index in [0.29, 0.717) is 19.6 Å². The number of nitrogens with zero attached hydrogens (tertiary/aromatic N) is 1. The van der Waals surface area contributed by atoms with Gasteiger partial charge in [-0.05, 0) is 50.0 Å². The summed E-state index contributed by atoms with van der Waals surface area (Å²) >= 11 is 0. The highest BCUT2D eigenvalue weighted by Gasteiger charge is 2.22. The molecule has 1 aromatic carbocycles. The van der Waals surface area contributed by atoms with Crippen molar-refractivity contribution in [2.24, 2.45) is 11.7 Å². The minimum absolute atomic E-state index is 0. The summed E-state index contributed by atoms with van der Waals surface area (Å²) in [7, 11) is 0. The average molecular weight is 447 g/mol. The number of nitrogens with one attached hydrogen (secondary N) is 2. The van der Waals surface area contributed by atoms with Gasteiger partial charge in [0.1, 0.15) is 0 Å². The number of amides is 2. The SMILES string of the molecule is Cl.Cl.NC(=O)C1CCN(CCc2ccc(NC(=O)CC3COCCN3)cc2)CC1. The van der Waals surface area contributed by atoms with E-state index < -0.39 is 0 Å². The molecule has 1 aromatic rings. The molecule has 2 aliphatic rings. The summed E-state index contributed by atoms with van der Waals surface area (Å²) in [6, 6.07) is 8.13. The lowest BCUT2D eigenvalue weighted by Crippen LogP contribution is -2.43. The van der Waals surface area contributed by atoms with E-state index in [4.69, 9.17) is 10.5 Å². The van der Waals surface area contributed by atoms with Gasteiger partial charge in [-0.3, -0.25) is 9.59 Å². The molecule has 1 atom stereocenters. The molecule has 0 aliphatic carbocycles. The fraction of sp³-hybridized carbons (Fsp3) is 0.600. The molecule has 2 amide bonds.